The second-order valence-corrected chi connectivity index (χ2v) is 10.7. The standard InChI is InChI=1S/C17H28N2O4S/c1-15(2,3)23-14(20)18-12-7-8-17(16(12,4)5)11-13(17)19-9-6-10-24(19,21)22/h11-12H,6-10H2,1-5H3,(H,18,20)/t12-,17+/m1/s1. The topological polar surface area (TPSA) is 75.7 Å². The molecule has 1 saturated carbocycles. The van der Waals surface area contributed by atoms with E-state index in [1.165, 1.54) is 0 Å². The van der Waals surface area contributed by atoms with E-state index in [0.717, 1.165) is 18.5 Å². The number of sulfonamides is 1. The lowest BCUT2D eigenvalue weighted by atomic mass is 9.74. The van der Waals surface area contributed by atoms with E-state index in [1.54, 1.807) is 4.31 Å². The van der Waals surface area contributed by atoms with Gasteiger partial charge >= 0.3 is 6.09 Å². The van der Waals surface area contributed by atoms with Crippen molar-refractivity contribution in [1.82, 2.24) is 9.62 Å². The Morgan fingerprint density at radius 3 is 2.58 bits per heavy atom. The number of alkyl carbamates (subject to hydrolysis) is 1. The molecular weight excluding hydrogens is 328 g/mol. The average molecular weight is 356 g/mol. The zero-order valence-electron chi connectivity index (χ0n) is 15.2. The van der Waals surface area contributed by atoms with Crippen molar-refractivity contribution in [2.45, 2.75) is 65.5 Å². The quantitative estimate of drug-likeness (QED) is 0.825. The fourth-order valence-corrected chi connectivity index (χ4v) is 5.82. The van der Waals surface area contributed by atoms with Gasteiger partial charge in [-0.25, -0.2) is 13.2 Å². The van der Waals surface area contributed by atoms with E-state index >= 15 is 0 Å². The molecule has 1 saturated heterocycles. The maximum absolute atomic E-state index is 12.2. The Kier molecular flexibility index (Phi) is 3.76. The van der Waals surface area contributed by atoms with E-state index in [4.69, 9.17) is 4.74 Å². The smallest absolute Gasteiger partial charge is 0.407 e. The van der Waals surface area contributed by atoms with Gasteiger partial charge in [0.2, 0.25) is 10.0 Å². The Morgan fingerprint density at radius 1 is 1.38 bits per heavy atom. The van der Waals surface area contributed by atoms with Crippen LogP contribution in [-0.4, -0.2) is 42.8 Å². The van der Waals surface area contributed by atoms with Gasteiger partial charge < -0.3 is 10.1 Å². The molecule has 0 aromatic rings. The van der Waals surface area contributed by atoms with E-state index in [-0.39, 0.29) is 22.6 Å². The molecule has 0 aromatic carbocycles. The van der Waals surface area contributed by atoms with Crippen LogP contribution in [0.3, 0.4) is 0 Å². The van der Waals surface area contributed by atoms with Crippen molar-refractivity contribution >= 4 is 16.1 Å². The van der Waals surface area contributed by atoms with E-state index in [9.17, 15) is 13.2 Å². The van der Waals surface area contributed by atoms with Crippen LogP contribution in [0.25, 0.3) is 0 Å². The normalized spacial score (nSPS) is 33.5. The Hall–Kier alpha value is -1.24. The number of allylic oxidation sites excluding steroid dienone is 2. The van der Waals surface area contributed by atoms with Crippen LogP contribution in [0.2, 0.25) is 0 Å². The SMILES string of the molecule is CC(C)(C)OC(=O)N[C@@H]1CC[C@@]2(C=C2N2CCCS2(=O)=O)C1(C)C. The molecule has 2 aliphatic carbocycles. The second kappa shape index (κ2) is 5.13. The summed E-state index contributed by atoms with van der Waals surface area (Å²) in [6.45, 7) is 10.3. The summed E-state index contributed by atoms with van der Waals surface area (Å²) >= 11 is 0. The van der Waals surface area contributed by atoms with Crippen LogP contribution in [0, 0.1) is 10.8 Å². The molecule has 1 N–H and O–H groups in total. The minimum atomic E-state index is -3.15. The van der Waals surface area contributed by atoms with Gasteiger partial charge in [-0.3, -0.25) is 4.31 Å². The van der Waals surface area contributed by atoms with Gasteiger partial charge in [-0.1, -0.05) is 19.9 Å². The van der Waals surface area contributed by atoms with Gasteiger partial charge in [-0.05, 0) is 45.4 Å². The summed E-state index contributed by atoms with van der Waals surface area (Å²) < 4.78 is 31.4. The van der Waals surface area contributed by atoms with Gasteiger partial charge in [0.1, 0.15) is 5.60 Å². The van der Waals surface area contributed by atoms with Crippen LogP contribution in [0.1, 0.15) is 53.9 Å². The number of hydrogen-bond acceptors (Lipinski definition) is 4. The first-order valence-corrected chi connectivity index (χ1v) is 10.2. The van der Waals surface area contributed by atoms with E-state index in [2.05, 4.69) is 25.2 Å². The van der Waals surface area contributed by atoms with Crippen LogP contribution in [0.4, 0.5) is 4.79 Å². The first kappa shape index (κ1) is 17.6. The highest BCUT2D eigenvalue weighted by molar-refractivity contribution is 7.89. The third-order valence-corrected chi connectivity index (χ3v) is 7.52. The number of ether oxygens (including phenoxy) is 1. The van der Waals surface area contributed by atoms with E-state index in [1.807, 2.05) is 20.8 Å². The molecular formula is C17H28N2O4S. The van der Waals surface area contributed by atoms with Gasteiger partial charge in [0.05, 0.1) is 5.75 Å². The molecule has 0 bridgehead atoms. The molecule has 0 unspecified atom stereocenters. The highest BCUT2D eigenvalue weighted by Crippen LogP contribution is 2.67. The van der Waals surface area contributed by atoms with E-state index < -0.39 is 21.7 Å². The van der Waals surface area contributed by atoms with Crippen molar-refractivity contribution in [3.8, 4) is 0 Å². The molecule has 136 valence electrons. The fraction of sp³-hybridized carbons (Fsp3) is 0.824. The number of rotatable bonds is 2. The molecule has 0 radical (unpaired) electrons. The Morgan fingerprint density at radius 2 is 2.04 bits per heavy atom. The van der Waals surface area contributed by atoms with Gasteiger partial charge in [0.15, 0.2) is 0 Å². The van der Waals surface area contributed by atoms with Gasteiger partial charge in [-0.15, -0.1) is 0 Å². The molecule has 7 heteroatoms. The van der Waals surface area contributed by atoms with Gasteiger partial charge in [0.25, 0.3) is 0 Å². The Bertz CT molecular complexity index is 690. The minimum Gasteiger partial charge on any atom is -0.444 e. The summed E-state index contributed by atoms with van der Waals surface area (Å²) in [5.74, 6) is 0.237. The lowest BCUT2D eigenvalue weighted by Crippen LogP contribution is -2.47. The molecule has 1 aliphatic heterocycles. The first-order chi connectivity index (χ1) is 10.9. The largest absolute Gasteiger partial charge is 0.444 e. The van der Waals surface area contributed by atoms with Gasteiger partial charge in [-0.2, -0.15) is 0 Å². The van der Waals surface area contributed by atoms with Crippen LogP contribution in [0.5, 0.6) is 0 Å². The Balaban J connectivity index is 1.71. The molecule has 1 spiro atoms. The summed E-state index contributed by atoms with van der Waals surface area (Å²) in [4.78, 5) is 12.1. The van der Waals surface area contributed by atoms with Crippen molar-refractivity contribution < 1.29 is 17.9 Å². The van der Waals surface area contributed by atoms with Crippen LogP contribution < -0.4 is 5.32 Å². The molecule has 2 atom stereocenters. The average Bonchev–Trinajstić information content (AvgIpc) is 2.95. The van der Waals surface area contributed by atoms with Crippen molar-refractivity contribution in [3.63, 3.8) is 0 Å². The lowest BCUT2D eigenvalue weighted by molar-refractivity contribution is 0.0455. The molecule has 3 aliphatic rings. The summed E-state index contributed by atoms with van der Waals surface area (Å²) in [6, 6.07) is -0.0357. The van der Waals surface area contributed by atoms with Crippen molar-refractivity contribution in [2.24, 2.45) is 10.8 Å². The summed E-state index contributed by atoms with van der Waals surface area (Å²) in [6.07, 6.45) is 4.05. The minimum absolute atomic E-state index is 0.0357. The number of carbonyl (C=O) groups excluding carboxylic acids is 1. The van der Waals surface area contributed by atoms with Crippen molar-refractivity contribution in [3.05, 3.63) is 11.8 Å². The second-order valence-electron chi connectivity index (χ2n) is 8.70. The maximum atomic E-state index is 12.2. The molecule has 6 nitrogen and oxygen atoms in total. The third kappa shape index (κ3) is 2.70. The van der Waals surface area contributed by atoms with Gasteiger partial charge in [0, 0.05) is 23.7 Å². The monoisotopic (exact) mass is 356 g/mol. The summed E-state index contributed by atoms with van der Waals surface area (Å²) in [7, 11) is -3.15. The molecule has 2 fully saturated rings. The molecule has 0 aromatic heterocycles. The predicted octanol–water partition coefficient (Wildman–Crippen LogP) is 2.62. The van der Waals surface area contributed by atoms with Crippen molar-refractivity contribution in [2.75, 3.05) is 12.3 Å². The highest BCUT2D eigenvalue weighted by Gasteiger charge is 2.65. The number of nitrogens with zero attached hydrogens (tertiary/aromatic N) is 1. The molecule has 3 rings (SSSR count). The summed E-state index contributed by atoms with van der Waals surface area (Å²) in [5.41, 5.74) is -0.0584. The number of amides is 1. The third-order valence-electron chi connectivity index (χ3n) is 5.66. The Labute approximate surface area is 144 Å². The maximum Gasteiger partial charge on any atom is 0.407 e. The van der Waals surface area contributed by atoms with Crippen molar-refractivity contribution in [1.29, 1.82) is 0 Å². The summed E-state index contributed by atoms with van der Waals surface area (Å²) in [5, 5.41) is 2.99. The predicted molar refractivity (Wildman–Crippen MR) is 91.8 cm³/mol. The lowest BCUT2D eigenvalue weighted by Gasteiger charge is -2.36. The number of carbonyl (C=O) groups is 1. The van der Waals surface area contributed by atoms with Crippen LogP contribution >= 0.6 is 0 Å². The molecule has 24 heavy (non-hydrogen) atoms. The highest BCUT2D eigenvalue weighted by atomic mass is 32.2. The van der Waals surface area contributed by atoms with E-state index in [0.29, 0.717) is 13.0 Å². The number of hydrogen-bond donors (Lipinski definition) is 1. The number of nitrogens with one attached hydrogen (secondary N) is 1. The zero-order valence-corrected chi connectivity index (χ0v) is 16.0. The van der Waals surface area contributed by atoms with Crippen LogP contribution in [-0.2, 0) is 14.8 Å². The molecule has 1 amide bonds. The first-order valence-electron chi connectivity index (χ1n) is 8.62. The fourth-order valence-electron chi connectivity index (χ4n) is 4.19. The molecule has 1 heterocycles. The zero-order chi connectivity index (χ0) is 18.0. The van der Waals surface area contributed by atoms with Crippen LogP contribution in [0.15, 0.2) is 11.8 Å².